The van der Waals surface area contributed by atoms with E-state index in [-0.39, 0.29) is 18.9 Å². The molecule has 0 aromatic carbocycles. The highest BCUT2D eigenvalue weighted by atomic mass is 16.5. The SMILES string of the molecule is C=CCOC(=O)N[C@@H](Cc1nnc(C)o1)C(=O)O. The smallest absolute Gasteiger partial charge is 0.408 e. The van der Waals surface area contributed by atoms with Gasteiger partial charge in [0.25, 0.3) is 0 Å². The lowest BCUT2D eigenvalue weighted by Crippen LogP contribution is -2.42. The summed E-state index contributed by atoms with van der Waals surface area (Å²) in [7, 11) is 0. The quantitative estimate of drug-likeness (QED) is 0.702. The maximum absolute atomic E-state index is 11.2. The van der Waals surface area contributed by atoms with Gasteiger partial charge in [0, 0.05) is 6.92 Å². The molecule has 0 unspecified atom stereocenters. The molecule has 0 bridgehead atoms. The summed E-state index contributed by atoms with van der Waals surface area (Å²) in [5, 5.41) is 18.3. The average Bonchev–Trinajstić information content (AvgIpc) is 2.71. The Labute approximate surface area is 103 Å². The summed E-state index contributed by atoms with van der Waals surface area (Å²) in [6, 6.07) is -1.19. The maximum Gasteiger partial charge on any atom is 0.408 e. The predicted octanol–water partition coefficient (Wildman–Crippen LogP) is 0.286. The normalized spacial score (nSPS) is 11.6. The monoisotopic (exact) mass is 255 g/mol. The zero-order chi connectivity index (χ0) is 13.5. The first kappa shape index (κ1) is 13.7. The molecule has 1 aromatic rings. The molecule has 8 heteroatoms. The first-order chi connectivity index (χ1) is 8.52. The van der Waals surface area contributed by atoms with Gasteiger partial charge in [0.1, 0.15) is 12.6 Å². The second kappa shape index (κ2) is 6.38. The number of carboxylic acid groups (broad SMARTS) is 1. The highest BCUT2D eigenvalue weighted by Gasteiger charge is 2.23. The van der Waals surface area contributed by atoms with Gasteiger partial charge in [0.15, 0.2) is 0 Å². The van der Waals surface area contributed by atoms with E-state index in [0.29, 0.717) is 5.89 Å². The lowest BCUT2D eigenvalue weighted by molar-refractivity contribution is -0.139. The molecule has 0 fully saturated rings. The van der Waals surface area contributed by atoms with Gasteiger partial charge in [0.2, 0.25) is 11.8 Å². The van der Waals surface area contributed by atoms with Crippen LogP contribution in [-0.2, 0) is 16.0 Å². The maximum atomic E-state index is 11.2. The van der Waals surface area contributed by atoms with Crippen molar-refractivity contribution in [3.63, 3.8) is 0 Å². The lowest BCUT2D eigenvalue weighted by atomic mass is 10.2. The second-order valence-electron chi connectivity index (χ2n) is 3.34. The van der Waals surface area contributed by atoms with E-state index >= 15 is 0 Å². The zero-order valence-corrected chi connectivity index (χ0v) is 9.75. The van der Waals surface area contributed by atoms with Crippen LogP contribution in [0.1, 0.15) is 11.8 Å². The Morgan fingerprint density at radius 2 is 2.33 bits per heavy atom. The van der Waals surface area contributed by atoms with Gasteiger partial charge in [-0.2, -0.15) is 0 Å². The standard InChI is InChI=1S/C10H13N3O5/c1-3-4-17-10(16)11-7(9(14)15)5-8-13-12-6(2)18-8/h3,7H,1,4-5H2,2H3,(H,11,16)(H,14,15)/t7-/m0/s1. The van der Waals surface area contributed by atoms with Gasteiger partial charge in [-0.15, -0.1) is 10.2 Å². The lowest BCUT2D eigenvalue weighted by Gasteiger charge is -2.11. The van der Waals surface area contributed by atoms with E-state index in [0.717, 1.165) is 0 Å². The average molecular weight is 255 g/mol. The molecule has 0 aliphatic rings. The summed E-state index contributed by atoms with van der Waals surface area (Å²) in [4.78, 5) is 22.1. The molecule has 1 rings (SSSR count). The van der Waals surface area contributed by atoms with Crippen molar-refractivity contribution in [2.24, 2.45) is 0 Å². The van der Waals surface area contributed by atoms with Gasteiger partial charge < -0.3 is 19.6 Å². The number of nitrogens with zero attached hydrogens (tertiary/aromatic N) is 2. The van der Waals surface area contributed by atoms with Crippen molar-refractivity contribution in [1.29, 1.82) is 0 Å². The Hall–Kier alpha value is -2.38. The number of carboxylic acids is 1. The molecular weight excluding hydrogens is 242 g/mol. The minimum atomic E-state index is -1.22. The van der Waals surface area contributed by atoms with Crippen molar-refractivity contribution < 1.29 is 23.8 Å². The van der Waals surface area contributed by atoms with Crippen LogP contribution in [0, 0.1) is 6.92 Å². The number of carbonyl (C=O) groups is 2. The first-order valence-corrected chi connectivity index (χ1v) is 5.09. The predicted molar refractivity (Wildman–Crippen MR) is 58.8 cm³/mol. The van der Waals surface area contributed by atoms with Gasteiger partial charge in [0.05, 0.1) is 6.42 Å². The largest absolute Gasteiger partial charge is 0.480 e. The number of amides is 1. The third-order valence-electron chi connectivity index (χ3n) is 1.87. The van der Waals surface area contributed by atoms with Crippen LogP contribution in [-0.4, -0.2) is 40.0 Å². The highest BCUT2D eigenvalue weighted by Crippen LogP contribution is 2.02. The van der Waals surface area contributed by atoms with Crippen molar-refractivity contribution in [3.8, 4) is 0 Å². The summed E-state index contributed by atoms with van der Waals surface area (Å²) in [6.45, 7) is 4.94. The molecule has 18 heavy (non-hydrogen) atoms. The Kier molecular flexibility index (Phi) is 4.85. The molecule has 1 amide bonds. The number of carbonyl (C=O) groups excluding carboxylic acids is 1. The molecule has 2 N–H and O–H groups in total. The van der Waals surface area contributed by atoms with Crippen molar-refractivity contribution in [1.82, 2.24) is 15.5 Å². The summed E-state index contributed by atoms with van der Waals surface area (Å²) in [5.41, 5.74) is 0. The van der Waals surface area contributed by atoms with Crippen molar-refractivity contribution in [3.05, 3.63) is 24.4 Å². The molecule has 0 radical (unpaired) electrons. The summed E-state index contributed by atoms with van der Waals surface area (Å²) < 4.78 is 9.65. The van der Waals surface area contributed by atoms with E-state index < -0.39 is 18.1 Å². The number of ether oxygens (including phenoxy) is 1. The molecule has 8 nitrogen and oxygen atoms in total. The third-order valence-corrected chi connectivity index (χ3v) is 1.87. The van der Waals surface area contributed by atoms with Crippen molar-refractivity contribution in [2.75, 3.05) is 6.61 Å². The Balaban J connectivity index is 2.57. The van der Waals surface area contributed by atoms with Crippen molar-refractivity contribution >= 4 is 12.1 Å². The topological polar surface area (TPSA) is 115 Å². The first-order valence-electron chi connectivity index (χ1n) is 5.09. The molecular formula is C10H13N3O5. The van der Waals surface area contributed by atoms with Gasteiger partial charge in [-0.3, -0.25) is 0 Å². The van der Waals surface area contributed by atoms with E-state index in [1.807, 2.05) is 0 Å². The van der Waals surface area contributed by atoms with Gasteiger partial charge in [-0.1, -0.05) is 12.7 Å². The molecule has 0 saturated carbocycles. The van der Waals surface area contributed by atoms with Crippen LogP contribution in [0.25, 0.3) is 0 Å². The number of hydrogen-bond donors (Lipinski definition) is 2. The fraction of sp³-hybridized carbons (Fsp3) is 0.400. The van der Waals surface area contributed by atoms with E-state index in [9.17, 15) is 9.59 Å². The Morgan fingerprint density at radius 1 is 1.61 bits per heavy atom. The zero-order valence-electron chi connectivity index (χ0n) is 9.75. The van der Waals surface area contributed by atoms with Crippen LogP contribution in [0.5, 0.6) is 0 Å². The van der Waals surface area contributed by atoms with Crippen LogP contribution in [0.15, 0.2) is 17.1 Å². The van der Waals surface area contributed by atoms with Crippen LogP contribution in [0.2, 0.25) is 0 Å². The summed E-state index contributed by atoms with van der Waals surface area (Å²) >= 11 is 0. The molecule has 0 saturated heterocycles. The molecule has 1 atom stereocenters. The minimum absolute atomic E-state index is 0.00214. The van der Waals surface area contributed by atoms with Gasteiger partial charge in [-0.25, -0.2) is 9.59 Å². The Morgan fingerprint density at radius 3 is 2.83 bits per heavy atom. The number of aliphatic carboxylic acids is 1. The van der Waals surface area contributed by atoms with E-state index in [1.165, 1.54) is 6.08 Å². The van der Waals surface area contributed by atoms with Gasteiger partial charge >= 0.3 is 12.1 Å². The molecule has 1 aromatic heterocycles. The molecule has 0 aliphatic heterocycles. The fourth-order valence-corrected chi connectivity index (χ4v) is 1.11. The number of hydrogen-bond acceptors (Lipinski definition) is 6. The number of rotatable bonds is 6. The number of aromatic nitrogens is 2. The highest BCUT2D eigenvalue weighted by molar-refractivity contribution is 5.80. The second-order valence-corrected chi connectivity index (χ2v) is 3.34. The van der Waals surface area contributed by atoms with E-state index in [4.69, 9.17) is 9.52 Å². The van der Waals surface area contributed by atoms with Crippen LogP contribution in [0.4, 0.5) is 4.79 Å². The summed E-state index contributed by atoms with van der Waals surface area (Å²) in [6.07, 6.45) is 0.411. The molecule has 98 valence electrons. The van der Waals surface area contributed by atoms with Crippen LogP contribution >= 0.6 is 0 Å². The molecule has 0 aliphatic carbocycles. The summed E-state index contributed by atoms with van der Waals surface area (Å²) in [5.74, 6) is -0.770. The molecule has 0 spiro atoms. The third kappa shape index (κ3) is 4.24. The van der Waals surface area contributed by atoms with Crippen molar-refractivity contribution in [2.45, 2.75) is 19.4 Å². The van der Waals surface area contributed by atoms with E-state index in [1.54, 1.807) is 6.92 Å². The minimum Gasteiger partial charge on any atom is -0.480 e. The van der Waals surface area contributed by atoms with Gasteiger partial charge in [-0.05, 0) is 0 Å². The number of nitrogens with one attached hydrogen (secondary N) is 1. The number of aryl methyl sites for hydroxylation is 1. The fourth-order valence-electron chi connectivity index (χ4n) is 1.11. The van der Waals surface area contributed by atoms with Crippen LogP contribution in [0.3, 0.4) is 0 Å². The number of alkyl carbamates (subject to hydrolysis) is 1. The Bertz CT molecular complexity index is 442. The molecule has 1 heterocycles. The van der Waals surface area contributed by atoms with E-state index in [2.05, 4.69) is 26.8 Å². The van der Waals surface area contributed by atoms with Crippen LogP contribution < -0.4 is 5.32 Å².